The molecule has 0 fully saturated rings. The maximum atomic E-state index is 9.59. The van der Waals surface area contributed by atoms with Gasteiger partial charge >= 0.3 is 0 Å². The minimum absolute atomic E-state index is 0.276. The second-order valence-electron chi connectivity index (χ2n) is 1.41. The van der Waals surface area contributed by atoms with E-state index in [4.69, 9.17) is 9.47 Å². The van der Waals surface area contributed by atoms with Gasteiger partial charge in [-0.3, -0.25) is 4.79 Å². The van der Waals surface area contributed by atoms with Gasteiger partial charge in [0.15, 0.2) is 0 Å². The largest absolute Gasteiger partial charge is 0.356 e. The van der Waals surface area contributed by atoms with E-state index in [0.29, 0.717) is 19.6 Å². The van der Waals surface area contributed by atoms with Gasteiger partial charge in [0.1, 0.15) is 6.79 Å². The van der Waals surface area contributed by atoms with Crippen LogP contribution >= 0.6 is 0 Å². The smallest absolute Gasteiger partial charge is 0.200 e. The zero-order valence-electron chi connectivity index (χ0n) is 5.55. The van der Waals surface area contributed by atoms with Crippen molar-refractivity contribution in [1.82, 2.24) is 0 Å². The predicted octanol–water partition coefficient (Wildman–Crippen LogP) is 0.497. The maximum Gasteiger partial charge on any atom is 0.200 e. The Morgan fingerprint density at radius 1 is 1.44 bits per heavy atom. The van der Waals surface area contributed by atoms with Gasteiger partial charge in [-0.15, -0.1) is 0 Å². The van der Waals surface area contributed by atoms with Gasteiger partial charge in [0.2, 0.25) is 6.29 Å². The minimum Gasteiger partial charge on any atom is -0.356 e. The van der Waals surface area contributed by atoms with Crippen LogP contribution in [0.3, 0.4) is 0 Å². The molecule has 0 N–H and O–H groups in total. The summed E-state index contributed by atoms with van der Waals surface area (Å²) in [5.74, 6) is 0. The molecule has 53 valence electrons. The van der Waals surface area contributed by atoms with Crippen molar-refractivity contribution in [3.63, 3.8) is 0 Å². The van der Waals surface area contributed by atoms with Crippen LogP contribution in [0.2, 0.25) is 0 Å². The van der Waals surface area contributed by atoms with Crippen LogP contribution in [0, 0.1) is 0 Å². The molecule has 0 aliphatic heterocycles. The molecule has 0 spiro atoms. The molecule has 0 bridgehead atoms. The van der Waals surface area contributed by atoms with E-state index >= 15 is 0 Å². The lowest BCUT2D eigenvalue weighted by molar-refractivity contribution is -0.0468. The van der Waals surface area contributed by atoms with Gasteiger partial charge in [-0.05, 0) is 6.92 Å². The molecule has 0 aliphatic rings. The molecule has 0 heterocycles. The summed E-state index contributed by atoms with van der Waals surface area (Å²) < 4.78 is 9.66. The molecular weight excluding hydrogens is 120 g/mol. The number of rotatable bonds is 6. The number of hydrogen-bond donors (Lipinski definition) is 0. The van der Waals surface area contributed by atoms with Crippen LogP contribution < -0.4 is 0 Å². The van der Waals surface area contributed by atoms with Crippen LogP contribution in [0.4, 0.5) is 0 Å². The Labute approximate surface area is 55.0 Å². The van der Waals surface area contributed by atoms with Crippen molar-refractivity contribution >= 4 is 6.29 Å². The summed E-state index contributed by atoms with van der Waals surface area (Å²) in [6, 6.07) is 0. The first-order chi connectivity index (χ1) is 4.41. The van der Waals surface area contributed by atoms with E-state index in [0.717, 1.165) is 0 Å². The van der Waals surface area contributed by atoms with Gasteiger partial charge < -0.3 is 9.47 Å². The van der Waals surface area contributed by atoms with E-state index in [1.165, 1.54) is 0 Å². The summed E-state index contributed by atoms with van der Waals surface area (Å²) in [5, 5.41) is 0. The van der Waals surface area contributed by atoms with E-state index in [9.17, 15) is 4.79 Å². The van der Waals surface area contributed by atoms with Crippen molar-refractivity contribution in [2.45, 2.75) is 13.3 Å². The summed E-state index contributed by atoms with van der Waals surface area (Å²) in [6.45, 7) is 3.21. The molecule has 1 radical (unpaired) electrons. The first-order valence-electron chi connectivity index (χ1n) is 2.92. The molecule has 3 nitrogen and oxygen atoms in total. The van der Waals surface area contributed by atoms with Crippen molar-refractivity contribution in [3.8, 4) is 0 Å². The predicted molar refractivity (Wildman–Crippen MR) is 32.8 cm³/mol. The fourth-order valence-corrected chi connectivity index (χ4v) is 0.315. The number of carbonyl (C=O) groups excluding carboxylic acids is 1. The van der Waals surface area contributed by atoms with E-state index in [2.05, 4.69) is 0 Å². The summed E-state index contributed by atoms with van der Waals surface area (Å²) >= 11 is 0. The third-order valence-corrected chi connectivity index (χ3v) is 0.719. The number of ether oxygens (including phenoxy) is 2. The standard InChI is InChI=1S/C6H11O3/c1-2-8-6-9-5-3-4-7/h2-3,5-6H2,1H3. The summed E-state index contributed by atoms with van der Waals surface area (Å²) in [6.07, 6.45) is 2.04. The Bertz CT molecular complexity index is 63.3. The van der Waals surface area contributed by atoms with Crippen molar-refractivity contribution < 1.29 is 14.3 Å². The van der Waals surface area contributed by atoms with Gasteiger partial charge in [-0.2, -0.15) is 0 Å². The normalized spacial score (nSPS) is 9.44. The van der Waals surface area contributed by atoms with Gasteiger partial charge in [-0.1, -0.05) is 0 Å². The summed E-state index contributed by atoms with van der Waals surface area (Å²) in [7, 11) is 0. The van der Waals surface area contributed by atoms with Gasteiger partial charge in [0.25, 0.3) is 0 Å². The SMILES string of the molecule is CCOCOCC[C]=O. The van der Waals surface area contributed by atoms with Crippen LogP contribution in [0.5, 0.6) is 0 Å². The van der Waals surface area contributed by atoms with Crippen molar-refractivity contribution in [2.75, 3.05) is 20.0 Å². The molecule has 0 rings (SSSR count). The molecule has 0 aromatic carbocycles. The molecule has 0 aromatic rings. The van der Waals surface area contributed by atoms with Crippen LogP contribution in [0.15, 0.2) is 0 Å². The third-order valence-electron chi connectivity index (χ3n) is 0.719. The molecule has 0 atom stereocenters. The Kier molecular flexibility index (Phi) is 7.24. The lowest BCUT2D eigenvalue weighted by atomic mass is 10.5. The first kappa shape index (κ1) is 8.59. The summed E-state index contributed by atoms with van der Waals surface area (Å²) in [4.78, 5) is 9.59. The first-order valence-corrected chi connectivity index (χ1v) is 2.92. The van der Waals surface area contributed by atoms with E-state index < -0.39 is 0 Å². The minimum atomic E-state index is 0.276. The van der Waals surface area contributed by atoms with Crippen molar-refractivity contribution in [3.05, 3.63) is 0 Å². The highest BCUT2D eigenvalue weighted by atomic mass is 16.7. The molecule has 0 amide bonds. The molecule has 3 heteroatoms. The van der Waals surface area contributed by atoms with Crippen molar-refractivity contribution in [1.29, 1.82) is 0 Å². The molecule has 0 saturated carbocycles. The van der Waals surface area contributed by atoms with Crippen LogP contribution in [0.1, 0.15) is 13.3 Å². The zero-order chi connectivity index (χ0) is 6.95. The van der Waals surface area contributed by atoms with Gasteiger partial charge in [0, 0.05) is 13.0 Å². The molecule has 0 aliphatic carbocycles. The molecular formula is C6H11O3. The second kappa shape index (κ2) is 7.59. The van der Waals surface area contributed by atoms with Crippen LogP contribution in [-0.4, -0.2) is 26.3 Å². The number of hydrogen-bond acceptors (Lipinski definition) is 3. The topological polar surface area (TPSA) is 35.5 Å². The highest BCUT2D eigenvalue weighted by Gasteiger charge is 1.84. The van der Waals surface area contributed by atoms with E-state index in [1.807, 2.05) is 6.92 Å². The van der Waals surface area contributed by atoms with Gasteiger partial charge in [-0.25, -0.2) is 0 Å². The second-order valence-corrected chi connectivity index (χ2v) is 1.41. The lowest BCUT2D eigenvalue weighted by Crippen LogP contribution is -2.00. The Hall–Kier alpha value is -0.410. The van der Waals surface area contributed by atoms with Crippen LogP contribution in [-0.2, 0) is 14.3 Å². The monoisotopic (exact) mass is 131 g/mol. The Balaban J connectivity index is 2.66. The molecule has 9 heavy (non-hydrogen) atoms. The lowest BCUT2D eigenvalue weighted by Gasteiger charge is -1.99. The van der Waals surface area contributed by atoms with E-state index in [1.54, 1.807) is 6.29 Å². The molecule has 0 saturated heterocycles. The van der Waals surface area contributed by atoms with Crippen molar-refractivity contribution in [2.24, 2.45) is 0 Å². The Morgan fingerprint density at radius 2 is 2.22 bits per heavy atom. The maximum absolute atomic E-state index is 9.59. The zero-order valence-corrected chi connectivity index (χ0v) is 5.55. The third kappa shape index (κ3) is 7.59. The van der Waals surface area contributed by atoms with Gasteiger partial charge in [0.05, 0.1) is 6.61 Å². The summed E-state index contributed by atoms with van der Waals surface area (Å²) in [5.41, 5.74) is 0. The molecule has 0 aromatic heterocycles. The molecule has 0 unspecified atom stereocenters. The highest BCUT2D eigenvalue weighted by Crippen LogP contribution is 1.79. The quantitative estimate of drug-likeness (QED) is 0.389. The Morgan fingerprint density at radius 3 is 2.78 bits per heavy atom. The fraction of sp³-hybridized carbons (Fsp3) is 0.833. The fourth-order valence-electron chi connectivity index (χ4n) is 0.315. The average Bonchev–Trinajstić information content (AvgIpc) is 1.89. The van der Waals surface area contributed by atoms with E-state index in [-0.39, 0.29) is 6.79 Å². The van der Waals surface area contributed by atoms with Crippen LogP contribution in [0.25, 0.3) is 0 Å². The average molecular weight is 131 g/mol. The highest BCUT2D eigenvalue weighted by molar-refractivity contribution is 5.50.